The minimum Gasteiger partial charge on any atom is -0.437 e. The lowest BCUT2D eigenvalue weighted by atomic mass is 10.2. The Labute approximate surface area is 148 Å². The molecule has 0 aliphatic rings. The van der Waals surface area contributed by atoms with Crippen molar-refractivity contribution in [2.45, 2.75) is 0 Å². The summed E-state index contributed by atoms with van der Waals surface area (Å²) < 4.78 is 5.57. The van der Waals surface area contributed by atoms with E-state index in [1.807, 2.05) is 0 Å². The molecule has 0 fully saturated rings. The van der Waals surface area contributed by atoms with Crippen LogP contribution >= 0.6 is 23.2 Å². The maximum atomic E-state index is 12.1. The number of carbonyl (C=O) groups excluding carboxylic acids is 1. The van der Waals surface area contributed by atoms with Gasteiger partial charge in [0.25, 0.3) is 5.91 Å². The number of nitrogens with zero attached hydrogens (tertiary/aromatic N) is 2. The largest absolute Gasteiger partial charge is 0.437 e. The van der Waals surface area contributed by atoms with Crippen LogP contribution in [0.15, 0.2) is 61.1 Å². The summed E-state index contributed by atoms with van der Waals surface area (Å²) in [6.07, 6.45) is 4.61. The third-order valence-corrected chi connectivity index (χ3v) is 3.56. The fourth-order valence-corrected chi connectivity index (χ4v) is 2.33. The molecule has 0 bridgehead atoms. The van der Waals surface area contributed by atoms with E-state index in [1.54, 1.807) is 54.9 Å². The highest BCUT2D eigenvalue weighted by atomic mass is 35.5. The summed E-state index contributed by atoms with van der Waals surface area (Å²) in [5.41, 5.74) is 1.00. The summed E-state index contributed by atoms with van der Waals surface area (Å²) in [5, 5.41) is 3.62. The van der Waals surface area contributed by atoms with E-state index in [0.717, 1.165) is 0 Å². The Morgan fingerprint density at radius 1 is 1.08 bits per heavy atom. The van der Waals surface area contributed by atoms with Crippen molar-refractivity contribution >= 4 is 34.8 Å². The third-order valence-electron chi connectivity index (χ3n) is 3.03. The van der Waals surface area contributed by atoms with Gasteiger partial charge < -0.3 is 10.1 Å². The fraction of sp³-hybridized carbons (Fsp3) is 0. The molecule has 120 valence electrons. The highest BCUT2D eigenvalue weighted by Gasteiger charge is 2.09. The van der Waals surface area contributed by atoms with Crippen molar-refractivity contribution in [1.29, 1.82) is 0 Å². The molecule has 1 N–H and O–H groups in total. The molecular formula is C17H11Cl2N3O2. The van der Waals surface area contributed by atoms with Crippen LogP contribution in [0, 0.1) is 0 Å². The van der Waals surface area contributed by atoms with Gasteiger partial charge in [-0.25, -0.2) is 4.98 Å². The standard InChI is InChI=1S/C17H11Cl2N3O2/c18-12-4-5-15(14(19)8-12)24-16-6-3-11(9-21-16)17(23)22-13-2-1-7-20-10-13/h1-10H,(H,22,23). The van der Waals surface area contributed by atoms with Crippen molar-refractivity contribution in [2.24, 2.45) is 0 Å². The highest BCUT2D eigenvalue weighted by Crippen LogP contribution is 2.30. The Morgan fingerprint density at radius 3 is 2.62 bits per heavy atom. The Kier molecular flexibility index (Phi) is 4.93. The van der Waals surface area contributed by atoms with Gasteiger partial charge >= 0.3 is 0 Å². The molecule has 24 heavy (non-hydrogen) atoms. The lowest BCUT2D eigenvalue weighted by molar-refractivity contribution is 0.102. The molecule has 3 rings (SSSR count). The van der Waals surface area contributed by atoms with E-state index < -0.39 is 0 Å². The average Bonchev–Trinajstić information content (AvgIpc) is 2.59. The third kappa shape index (κ3) is 4.01. The lowest BCUT2D eigenvalue weighted by Gasteiger charge is -2.08. The second kappa shape index (κ2) is 7.29. The number of amides is 1. The number of ether oxygens (including phenoxy) is 1. The van der Waals surface area contributed by atoms with E-state index in [9.17, 15) is 4.79 Å². The van der Waals surface area contributed by atoms with Gasteiger partial charge in [0.1, 0.15) is 5.75 Å². The van der Waals surface area contributed by atoms with Gasteiger partial charge in [-0.15, -0.1) is 0 Å². The first-order valence-corrected chi connectivity index (χ1v) is 7.68. The van der Waals surface area contributed by atoms with Gasteiger partial charge in [0.05, 0.1) is 22.5 Å². The van der Waals surface area contributed by atoms with Gasteiger partial charge in [-0.1, -0.05) is 23.2 Å². The molecule has 0 aliphatic heterocycles. The van der Waals surface area contributed by atoms with Crippen LogP contribution in [-0.4, -0.2) is 15.9 Å². The number of anilines is 1. The summed E-state index contributed by atoms with van der Waals surface area (Å²) in [5.74, 6) is 0.463. The van der Waals surface area contributed by atoms with Crippen molar-refractivity contribution in [1.82, 2.24) is 9.97 Å². The number of rotatable bonds is 4. The number of hydrogen-bond donors (Lipinski definition) is 1. The SMILES string of the molecule is O=C(Nc1cccnc1)c1ccc(Oc2ccc(Cl)cc2Cl)nc1. The van der Waals surface area contributed by atoms with E-state index in [2.05, 4.69) is 15.3 Å². The van der Waals surface area contributed by atoms with Gasteiger partial charge in [-0.05, 0) is 36.4 Å². The van der Waals surface area contributed by atoms with Gasteiger partial charge in [0.2, 0.25) is 5.88 Å². The van der Waals surface area contributed by atoms with Gasteiger partial charge in [-0.2, -0.15) is 0 Å². The maximum Gasteiger partial charge on any atom is 0.257 e. The van der Waals surface area contributed by atoms with Crippen molar-refractivity contribution in [3.8, 4) is 11.6 Å². The van der Waals surface area contributed by atoms with E-state index in [-0.39, 0.29) is 5.91 Å². The first-order chi connectivity index (χ1) is 11.6. The molecule has 5 nitrogen and oxygen atoms in total. The number of halogens is 2. The summed E-state index contributed by atoms with van der Waals surface area (Å²) >= 11 is 11.9. The van der Waals surface area contributed by atoms with Crippen molar-refractivity contribution in [3.05, 3.63) is 76.7 Å². The van der Waals surface area contributed by atoms with Crippen LogP contribution in [0.3, 0.4) is 0 Å². The van der Waals surface area contributed by atoms with Crippen LogP contribution in [0.4, 0.5) is 5.69 Å². The number of benzene rings is 1. The zero-order valence-electron chi connectivity index (χ0n) is 12.2. The van der Waals surface area contributed by atoms with E-state index in [0.29, 0.717) is 32.9 Å². The number of pyridine rings is 2. The molecule has 2 heterocycles. The van der Waals surface area contributed by atoms with Crippen LogP contribution in [-0.2, 0) is 0 Å². The summed E-state index contributed by atoms with van der Waals surface area (Å²) in [4.78, 5) is 20.2. The molecule has 2 aromatic heterocycles. The maximum absolute atomic E-state index is 12.1. The molecule has 3 aromatic rings. The number of nitrogens with one attached hydrogen (secondary N) is 1. The van der Waals surface area contributed by atoms with Crippen molar-refractivity contribution in [2.75, 3.05) is 5.32 Å². The molecule has 7 heteroatoms. The highest BCUT2D eigenvalue weighted by molar-refractivity contribution is 6.35. The second-order valence-electron chi connectivity index (χ2n) is 4.76. The van der Waals surface area contributed by atoms with Crippen LogP contribution in [0.5, 0.6) is 11.6 Å². The molecule has 0 saturated heterocycles. The Bertz CT molecular complexity index is 855. The normalized spacial score (nSPS) is 10.2. The van der Waals surface area contributed by atoms with E-state index in [4.69, 9.17) is 27.9 Å². The molecule has 0 aliphatic carbocycles. The molecule has 1 aromatic carbocycles. The van der Waals surface area contributed by atoms with Crippen LogP contribution < -0.4 is 10.1 Å². The predicted molar refractivity (Wildman–Crippen MR) is 93.0 cm³/mol. The monoisotopic (exact) mass is 359 g/mol. The number of aromatic nitrogens is 2. The lowest BCUT2D eigenvalue weighted by Crippen LogP contribution is -2.12. The minimum absolute atomic E-state index is 0.286. The Hall–Kier alpha value is -2.63. The topological polar surface area (TPSA) is 64.1 Å². The molecule has 0 spiro atoms. The summed E-state index contributed by atoms with van der Waals surface area (Å²) in [7, 11) is 0. The number of hydrogen-bond acceptors (Lipinski definition) is 4. The van der Waals surface area contributed by atoms with Crippen LogP contribution in [0.25, 0.3) is 0 Å². The predicted octanol–water partition coefficient (Wildman–Crippen LogP) is 4.83. The van der Waals surface area contributed by atoms with Gasteiger partial charge in [0, 0.05) is 23.5 Å². The first-order valence-electron chi connectivity index (χ1n) is 6.92. The van der Waals surface area contributed by atoms with E-state index >= 15 is 0 Å². The van der Waals surface area contributed by atoms with Crippen molar-refractivity contribution < 1.29 is 9.53 Å². The molecule has 0 atom stereocenters. The van der Waals surface area contributed by atoms with Crippen LogP contribution in [0.2, 0.25) is 10.0 Å². The number of carbonyl (C=O) groups is 1. The molecular weight excluding hydrogens is 349 g/mol. The quantitative estimate of drug-likeness (QED) is 0.724. The zero-order chi connectivity index (χ0) is 16.9. The first kappa shape index (κ1) is 16.2. The van der Waals surface area contributed by atoms with Gasteiger partial charge in [-0.3, -0.25) is 9.78 Å². The molecule has 1 amide bonds. The molecule has 0 radical (unpaired) electrons. The molecule has 0 unspecified atom stereocenters. The second-order valence-corrected chi connectivity index (χ2v) is 5.60. The summed E-state index contributed by atoms with van der Waals surface area (Å²) in [6, 6.07) is 11.6. The fourth-order valence-electron chi connectivity index (χ4n) is 1.89. The van der Waals surface area contributed by atoms with Gasteiger partial charge in [0.15, 0.2) is 0 Å². The van der Waals surface area contributed by atoms with Crippen molar-refractivity contribution in [3.63, 3.8) is 0 Å². The molecule has 0 saturated carbocycles. The van der Waals surface area contributed by atoms with Crippen LogP contribution in [0.1, 0.15) is 10.4 Å². The average molecular weight is 360 g/mol. The Balaban J connectivity index is 1.70. The van der Waals surface area contributed by atoms with E-state index in [1.165, 1.54) is 6.20 Å². The zero-order valence-corrected chi connectivity index (χ0v) is 13.8. The Morgan fingerprint density at radius 2 is 1.96 bits per heavy atom. The minimum atomic E-state index is -0.286. The smallest absolute Gasteiger partial charge is 0.257 e. The summed E-state index contributed by atoms with van der Waals surface area (Å²) in [6.45, 7) is 0.